The first-order valence-corrected chi connectivity index (χ1v) is 8.01. The Morgan fingerprint density at radius 2 is 1.72 bits per heavy atom. The summed E-state index contributed by atoms with van der Waals surface area (Å²) < 4.78 is 11.9. The summed E-state index contributed by atoms with van der Waals surface area (Å²) in [5, 5.41) is 0. The van der Waals surface area contributed by atoms with Crippen LogP contribution in [0.5, 0.6) is 0 Å². The number of hydrogen-bond acceptors (Lipinski definition) is 2. The minimum atomic E-state index is -1.17. The quantitative estimate of drug-likeness (QED) is 0.638. The summed E-state index contributed by atoms with van der Waals surface area (Å²) in [5.74, 6) is 0.284. The molecule has 0 radical (unpaired) electrons. The maximum Gasteiger partial charge on any atom is 0.145 e. The van der Waals surface area contributed by atoms with Gasteiger partial charge in [-0.3, -0.25) is 9.00 Å². The molecule has 100 valence electrons. The Morgan fingerprint density at radius 1 is 1.06 bits per heavy atom. The summed E-state index contributed by atoms with van der Waals surface area (Å²) in [6.07, 6.45) is 6.27. The van der Waals surface area contributed by atoms with E-state index in [0.717, 1.165) is 17.7 Å². The number of benzene rings is 1. The molecule has 0 N–H and O–H groups in total. The summed E-state index contributed by atoms with van der Waals surface area (Å²) in [6, 6.07) is 9.20. The highest BCUT2D eigenvalue weighted by molar-refractivity contribution is 7.85. The van der Waals surface area contributed by atoms with E-state index in [4.69, 9.17) is 0 Å². The first-order chi connectivity index (χ1) is 8.74. The Hall–Kier alpha value is -0.960. The van der Waals surface area contributed by atoms with E-state index in [1.807, 2.05) is 30.3 Å². The molecule has 0 bridgehead atoms. The van der Waals surface area contributed by atoms with Crippen molar-refractivity contribution in [2.75, 3.05) is 5.75 Å². The van der Waals surface area contributed by atoms with Gasteiger partial charge in [0.1, 0.15) is 5.78 Å². The third-order valence-electron chi connectivity index (χ3n) is 2.86. The molecule has 0 spiro atoms. The molecule has 1 unspecified atom stereocenters. The number of carbonyl (C=O) groups is 1. The van der Waals surface area contributed by atoms with E-state index in [1.54, 1.807) is 0 Å². The van der Waals surface area contributed by atoms with E-state index in [2.05, 4.69) is 6.92 Å². The lowest BCUT2D eigenvalue weighted by Gasteiger charge is -2.02. The predicted molar refractivity (Wildman–Crippen MR) is 76.1 cm³/mol. The Balaban J connectivity index is 2.22. The fourth-order valence-corrected chi connectivity index (χ4v) is 2.86. The molecular weight excluding hydrogens is 244 g/mol. The van der Waals surface area contributed by atoms with E-state index >= 15 is 0 Å². The van der Waals surface area contributed by atoms with Gasteiger partial charge < -0.3 is 0 Å². The van der Waals surface area contributed by atoms with Gasteiger partial charge in [0.25, 0.3) is 0 Å². The molecule has 3 heteroatoms. The van der Waals surface area contributed by atoms with Gasteiger partial charge in [-0.1, -0.05) is 50.8 Å². The zero-order valence-corrected chi connectivity index (χ0v) is 11.9. The van der Waals surface area contributed by atoms with Gasteiger partial charge in [0.05, 0.1) is 16.6 Å². The second-order valence-corrected chi connectivity index (χ2v) is 5.96. The van der Waals surface area contributed by atoms with Gasteiger partial charge in [0, 0.05) is 11.3 Å². The van der Waals surface area contributed by atoms with Gasteiger partial charge in [0.15, 0.2) is 0 Å². The van der Waals surface area contributed by atoms with Crippen molar-refractivity contribution in [1.82, 2.24) is 0 Å². The third-order valence-corrected chi connectivity index (χ3v) is 4.24. The van der Waals surface area contributed by atoms with Gasteiger partial charge in [-0.05, 0) is 18.6 Å². The highest BCUT2D eigenvalue weighted by Gasteiger charge is 2.09. The molecular formula is C15H22O2S. The van der Waals surface area contributed by atoms with Crippen LogP contribution in [0.2, 0.25) is 0 Å². The highest BCUT2D eigenvalue weighted by Crippen LogP contribution is 2.09. The van der Waals surface area contributed by atoms with Gasteiger partial charge in [-0.2, -0.15) is 0 Å². The summed E-state index contributed by atoms with van der Waals surface area (Å²) in [4.78, 5) is 12.4. The number of Topliss-reactive ketones (excluding diaryl/α,β-unsaturated/α-hetero) is 1. The third kappa shape index (κ3) is 6.10. The van der Waals surface area contributed by atoms with E-state index in [0.29, 0.717) is 6.42 Å². The van der Waals surface area contributed by atoms with Crippen LogP contribution in [-0.2, 0) is 15.6 Å². The van der Waals surface area contributed by atoms with Crippen LogP contribution in [0.3, 0.4) is 0 Å². The van der Waals surface area contributed by atoms with Gasteiger partial charge in [-0.15, -0.1) is 0 Å². The second-order valence-electron chi connectivity index (χ2n) is 4.51. The molecule has 1 atom stereocenters. The van der Waals surface area contributed by atoms with Crippen molar-refractivity contribution >= 4 is 16.6 Å². The van der Waals surface area contributed by atoms with Gasteiger partial charge in [-0.25, -0.2) is 0 Å². The van der Waals surface area contributed by atoms with Crippen LogP contribution in [-0.4, -0.2) is 15.7 Å². The minimum Gasteiger partial charge on any atom is -0.299 e. The summed E-state index contributed by atoms with van der Waals surface area (Å²) >= 11 is 0. The van der Waals surface area contributed by atoms with Crippen LogP contribution >= 0.6 is 0 Å². The normalized spacial score (nSPS) is 12.3. The fraction of sp³-hybridized carbons (Fsp3) is 0.533. The molecule has 0 aliphatic rings. The van der Waals surface area contributed by atoms with E-state index in [-0.39, 0.29) is 11.5 Å². The van der Waals surface area contributed by atoms with E-state index in [9.17, 15) is 9.00 Å². The molecule has 0 fully saturated rings. The van der Waals surface area contributed by atoms with Crippen LogP contribution in [0.15, 0.2) is 35.2 Å². The second kappa shape index (κ2) is 9.03. The van der Waals surface area contributed by atoms with Crippen molar-refractivity contribution in [2.24, 2.45) is 0 Å². The Labute approximate surface area is 112 Å². The number of unbranched alkanes of at least 4 members (excludes halogenated alkanes) is 4. The van der Waals surface area contributed by atoms with E-state index < -0.39 is 10.8 Å². The van der Waals surface area contributed by atoms with Crippen molar-refractivity contribution in [1.29, 1.82) is 0 Å². The van der Waals surface area contributed by atoms with Crippen LogP contribution < -0.4 is 0 Å². The summed E-state index contributed by atoms with van der Waals surface area (Å²) in [7, 11) is -1.17. The smallest absolute Gasteiger partial charge is 0.145 e. The lowest BCUT2D eigenvalue weighted by Crippen LogP contribution is -2.10. The summed E-state index contributed by atoms with van der Waals surface area (Å²) in [5.41, 5.74) is 0. The number of rotatable bonds is 9. The Bertz CT molecular complexity index is 373. The molecule has 0 aromatic heterocycles. The monoisotopic (exact) mass is 266 g/mol. The number of hydrogen-bond donors (Lipinski definition) is 0. The van der Waals surface area contributed by atoms with Crippen molar-refractivity contribution in [2.45, 2.75) is 50.3 Å². The molecule has 0 aliphatic carbocycles. The van der Waals surface area contributed by atoms with Gasteiger partial charge in [0.2, 0.25) is 0 Å². The van der Waals surface area contributed by atoms with Crippen LogP contribution in [0.25, 0.3) is 0 Å². The standard InChI is InChI=1S/C15H22O2S/c1-2-3-4-5-7-10-14(16)13-18(17)15-11-8-6-9-12-15/h6,8-9,11-12H,2-5,7,10,13H2,1H3. The number of carbonyl (C=O) groups excluding carboxylic acids is 1. The molecule has 1 aromatic rings. The van der Waals surface area contributed by atoms with Crippen molar-refractivity contribution < 1.29 is 9.00 Å². The average Bonchev–Trinajstić information content (AvgIpc) is 2.39. The first kappa shape index (κ1) is 15.1. The molecule has 0 saturated heterocycles. The molecule has 0 amide bonds. The van der Waals surface area contributed by atoms with Crippen molar-refractivity contribution in [3.63, 3.8) is 0 Å². The SMILES string of the molecule is CCCCCCCC(=O)CS(=O)c1ccccc1. The lowest BCUT2D eigenvalue weighted by atomic mass is 10.1. The van der Waals surface area contributed by atoms with Crippen molar-refractivity contribution in [3.8, 4) is 0 Å². The van der Waals surface area contributed by atoms with Gasteiger partial charge >= 0.3 is 0 Å². The Morgan fingerprint density at radius 3 is 2.39 bits per heavy atom. The number of ketones is 1. The zero-order valence-electron chi connectivity index (χ0n) is 11.1. The molecule has 2 nitrogen and oxygen atoms in total. The minimum absolute atomic E-state index is 0.119. The Kier molecular flexibility index (Phi) is 7.58. The fourth-order valence-electron chi connectivity index (χ4n) is 1.80. The average molecular weight is 266 g/mol. The van der Waals surface area contributed by atoms with Crippen LogP contribution in [0.4, 0.5) is 0 Å². The largest absolute Gasteiger partial charge is 0.299 e. The molecule has 18 heavy (non-hydrogen) atoms. The lowest BCUT2D eigenvalue weighted by molar-refractivity contribution is -0.116. The van der Waals surface area contributed by atoms with Crippen molar-refractivity contribution in [3.05, 3.63) is 30.3 Å². The highest BCUT2D eigenvalue weighted by atomic mass is 32.2. The van der Waals surface area contributed by atoms with Crippen LogP contribution in [0, 0.1) is 0 Å². The zero-order chi connectivity index (χ0) is 13.2. The summed E-state index contributed by atoms with van der Waals surface area (Å²) in [6.45, 7) is 2.17. The molecule has 0 heterocycles. The molecule has 1 rings (SSSR count). The van der Waals surface area contributed by atoms with E-state index in [1.165, 1.54) is 19.3 Å². The molecule has 0 saturated carbocycles. The predicted octanol–water partition coefficient (Wildman–Crippen LogP) is 3.72. The maximum atomic E-state index is 11.9. The van der Waals surface area contributed by atoms with Crippen LogP contribution in [0.1, 0.15) is 45.4 Å². The first-order valence-electron chi connectivity index (χ1n) is 6.69. The topological polar surface area (TPSA) is 34.1 Å². The maximum absolute atomic E-state index is 11.9. The molecule has 1 aromatic carbocycles. The molecule has 0 aliphatic heterocycles.